The third kappa shape index (κ3) is 5.82. The molecule has 0 radical (unpaired) electrons. The molecule has 2 aromatic carbocycles. The zero-order valence-electron chi connectivity index (χ0n) is 15.3. The predicted molar refractivity (Wildman–Crippen MR) is 112 cm³/mol. The van der Waals surface area contributed by atoms with Gasteiger partial charge in [-0.25, -0.2) is 4.39 Å². The van der Waals surface area contributed by atoms with Gasteiger partial charge in [0, 0.05) is 12.2 Å². The van der Waals surface area contributed by atoms with Gasteiger partial charge < -0.3 is 10.1 Å². The zero-order valence-corrected chi connectivity index (χ0v) is 16.9. The molecule has 1 N–H and O–H groups in total. The lowest BCUT2D eigenvalue weighted by Crippen LogP contribution is -2.15. The van der Waals surface area contributed by atoms with E-state index in [1.54, 1.807) is 10.6 Å². The number of benzene rings is 2. The van der Waals surface area contributed by atoms with E-state index in [1.807, 2.05) is 30.3 Å². The van der Waals surface area contributed by atoms with Gasteiger partial charge in [0.25, 0.3) is 0 Å². The number of carbonyl (C=O) groups is 1. The van der Waals surface area contributed by atoms with Gasteiger partial charge in [0.15, 0.2) is 11.0 Å². The second kappa shape index (κ2) is 10.1. The number of amides is 1. The van der Waals surface area contributed by atoms with Crippen molar-refractivity contribution in [1.29, 1.82) is 0 Å². The Morgan fingerprint density at radius 1 is 1.28 bits per heavy atom. The molecule has 0 fully saturated rings. The summed E-state index contributed by atoms with van der Waals surface area (Å²) < 4.78 is 20.6. The monoisotopic (exact) mass is 432 g/mol. The summed E-state index contributed by atoms with van der Waals surface area (Å²) in [6.45, 7) is 4.28. The Balaban J connectivity index is 1.63. The van der Waals surface area contributed by atoms with Crippen molar-refractivity contribution in [3.05, 3.63) is 77.9 Å². The number of allylic oxidation sites excluding steroid dienone is 1. The minimum absolute atomic E-state index is 0.0863. The first-order chi connectivity index (χ1) is 14.1. The summed E-state index contributed by atoms with van der Waals surface area (Å²) in [7, 11) is 0. The van der Waals surface area contributed by atoms with Crippen molar-refractivity contribution in [2.75, 3.05) is 11.1 Å². The molecular weight excluding hydrogens is 415 g/mol. The van der Waals surface area contributed by atoms with E-state index in [-0.39, 0.29) is 23.3 Å². The fourth-order valence-corrected chi connectivity index (χ4v) is 3.42. The van der Waals surface area contributed by atoms with Crippen molar-refractivity contribution in [2.45, 2.75) is 18.3 Å². The molecule has 0 bridgehead atoms. The van der Waals surface area contributed by atoms with Gasteiger partial charge in [0.05, 0.1) is 10.8 Å². The molecule has 0 saturated carbocycles. The van der Waals surface area contributed by atoms with Gasteiger partial charge in [-0.3, -0.25) is 9.36 Å². The van der Waals surface area contributed by atoms with E-state index in [1.165, 1.54) is 30.0 Å². The molecule has 3 rings (SSSR count). The van der Waals surface area contributed by atoms with Gasteiger partial charge in [-0.2, -0.15) is 0 Å². The Labute approximate surface area is 176 Å². The van der Waals surface area contributed by atoms with Gasteiger partial charge in [0.2, 0.25) is 5.91 Å². The molecule has 0 aliphatic heterocycles. The van der Waals surface area contributed by atoms with Gasteiger partial charge in [-0.15, -0.1) is 16.8 Å². The molecule has 3 aromatic rings. The molecule has 6 nitrogen and oxygen atoms in total. The molecule has 9 heteroatoms. The normalized spacial score (nSPS) is 10.6. The lowest BCUT2D eigenvalue weighted by Gasteiger charge is -2.10. The van der Waals surface area contributed by atoms with Crippen molar-refractivity contribution in [1.82, 2.24) is 14.8 Å². The fraction of sp³-hybridized carbons (Fsp3) is 0.150. The topological polar surface area (TPSA) is 69.0 Å². The summed E-state index contributed by atoms with van der Waals surface area (Å²) in [6.07, 6.45) is 1.70. The minimum atomic E-state index is -0.440. The highest BCUT2D eigenvalue weighted by Crippen LogP contribution is 2.26. The van der Waals surface area contributed by atoms with Crippen LogP contribution in [0.3, 0.4) is 0 Å². The summed E-state index contributed by atoms with van der Waals surface area (Å²) in [5.74, 6) is 0.471. The molecular formula is C20H18ClFN4O2S. The van der Waals surface area contributed by atoms with E-state index in [2.05, 4.69) is 22.1 Å². The summed E-state index contributed by atoms with van der Waals surface area (Å²) in [6, 6.07) is 13.1. The van der Waals surface area contributed by atoms with Crippen LogP contribution in [-0.4, -0.2) is 26.4 Å². The highest BCUT2D eigenvalue weighted by atomic mass is 35.5. The van der Waals surface area contributed by atoms with Crippen LogP contribution in [0.2, 0.25) is 5.02 Å². The number of rotatable bonds is 9. The molecule has 1 amide bonds. The molecule has 1 aromatic heterocycles. The van der Waals surface area contributed by atoms with Crippen LogP contribution in [0.25, 0.3) is 0 Å². The third-order valence-corrected chi connectivity index (χ3v) is 5.01. The summed E-state index contributed by atoms with van der Waals surface area (Å²) >= 11 is 7.24. The van der Waals surface area contributed by atoms with Crippen molar-refractivity contribution >= 4 is 35.0 Å². The van der Waals surface area contributed by atoms with Gasteiger partial charge in [0.1, 0.15) is 18.2 Å². The van der Waals surface area contributed by atoms with Crippen LogP contribution in [0.15, 0.2) is 66.3 Å². The van der Waals surface area contributed by atoms with E-state index < -0.39 is 5.82 Å². The first kappa shape index (κ1) is 20.9. The van der Waals surface area contributed by atoms with Gasteiger partial charge in [-0.05, 0) is 30.3 Å². The number of hydrogen-bond donors (Lipinski definition) is 1. The first-order valence-electron chi connectivity index (χ1n) is 8.65. The van der Waals surface area contributed by atoms with Gasteiger partial charge >= 0.3 is 0 Å². The molecule has 0 saturated heterocycles. The predicted octanol–water partition coefficient (Wildman–Crippen LogP) is 4.57. The van der Waals surface area contributed by atoms with Crippen LogP contribution in [0.4, 0.5) is 10.1 Å². The van der Waals surface area contributed by atoms with E-state index in [9.17, 15) is 9.18 Å². The maximum atomic E-state index is 13.2. The molecule has 0 aliphatic carbocycles. The maximum absolute atomic E-state index is 13.2. The zero-order chi connectivity index (χ0) is 20.6. The molecule has 29 heavy (non-hydrogen) atoms. The smallest absolute Gasteiger partial charge is 0.234 e. The summed E-state index contributed by atoms with van der Waals surface area (Å²) in [4.78, 5) is 12.2. The highest BCUT2D eigenvalue weighted by molar-refractivity contribution is 7.99. The first-order valence-corrected chi connectivity index (χ1v) is 10.0. The van der Waals surface area contributed by atoms with E-state index in [0.29, 0.717) is 23.3 Å². The molecule has 150 valence electrons. The van der Waals surface area contributed by atoms with Crippen molar-refractivity contribution in [3.63, 3.8) is 0 Å². The van der Waals surface area contributed by atoms with Gasteiger partial charge in [-0.1, -0.05) is 47.6 Å². The Bertz CT molecular complexity index is 997. The highest BCUT2D eigenvalue weighted by Gasteiger charge is 2.15. The number of halogens is 2. The molecule has 1 heterocycles. The minimum Gasteiger partial charge on any atom is -0.484 e. The lowest BCUT2D eigenvalue weighted by atomic mass is 10.3. The number of para-hydroxylation sites is 1. The molecule has 0 unspecified atom stereocenters. The second-order valence-corrected chi connectivity index (χ2v) is 7.21. The Morgan fingerprint density at radius 2 is 2.07 bits per heavy atom. The number of aromatic nitrogens is 3. The van der Waals surface area contributed by atoms with Crippen LogP contribution < -0.4 is 10.1 Å². The van der Waals surface area contributed by atoms with Crippen molar-refractivity contribution in [3.8, 4) is 5.75 Å². The number of nitrogens with one attached hydrogen (secondary N) is 1. The Morgan fingerprint density at radius 3 is 2.79 bits per heavy atom. The van der Waals surface area contributed by atoms with Crippen molar-refractivity contribution in [2.24, 2.45) is 0 Å². The SMILES string of the molecule is C=CCn1c(COc2ccc(F)cc2Cl)nnc1SCC(=O)Nc1ccccc1. The van der Waals surface area contributed by atoms with Crippen LogP contribution in [0.5, 0.6) is 5.75 Å². The van der Waals surface area contributed by atoms with E-state index >= 15 is 0 Å². The van der Waals surface area contributed by atoms with Crippen LogP contribution in [0, 0.1) is 5.82 Å². The van der Waals surface area contributed by atoms with Crippen LogP contribution in [-0.2, 0) is 17.9 Å². The number of anilines is 1. The third-order valence-electron chi connectivity index (χ3n) is 3.75. The standard InChI is InChI=1S/C20H18ClFN4O2S/c1-2-10-26-18(12-28-17-9-8-14(22)11-16(17)21)24-25-20(26)29-13-19(27)23-15-6-4-3-5-7-15/h2-9,11H,1,10,12-13H2,(H,23,27). The Kier molecular flexibility index (Phi) is 7.26. The number of carbonyl (C=O) groups excluding carboxylic acids is 1. The fourth-order valence-electron chi connectivity index (χ4n) is 2.43. The number of thioether (sulfide) groups is 1. The largest absolute Gasteiger partial charge is 0.484 e. The average Bonchev–Trinajstić information content (AvgIpc) is 3.08. The number of hydrogen-bond acceptors (Lipinski definition) is 5. The summed E-state index contributed by atoms with van der Waals surface area (Å²) in [5, 5.41) is 11.8. The molecule has 0 aliphatic rings. The van der Waals surface area contributed by atoms with Crippen LogP contribution >= 0.6 is 23.4 Å². The average molecular weight is 433 g/mol. The maximum Gasteiger partial charge on any atom is 0.234 e. The number of nitrogens with zero attached hydrogens (tertiary/aromatic N) is 3. The van der Waals surface area contributed by atoms with Crippen LogP contribution in [0.1, 0.15) is 5.82 Å². The Hall–Kier alpha value is -2.84. The summed E-state index contributed by atoms with van der Waals surface area (Å²) in [5.41, 5.74) is 0.732. The quantitative estimate of drug-likeness (QED) is 0.396. The number of ether oxygens (including phenoxy) is 1. The molecule has 0 atom stereocenters. The molecule has 0 spiro atoms. The van der Waals surface area contributed by atoms with E-state index in [4.69, 9.17) is 16.3 Å². The second-order valence-electron chi connectivity index (χ2n) is 5.86. The lowest BCUT2D eigenvalue weighted by molar-refractivity contribution is -0.113. The van der Waals surface area contributed by atoms with E-state index in [0.717, 1.165) is 5.69 Å². The van der Waals surface area contributed by atoms with Crippen molar-refractivity contribution < 1.29 is 13.9 Å².